The van der Waals surface area contributed by atoms with Gasteiger partial charge >= 0.3 is 11.7 Å². The van der Waals surface area contributed by atoms with E-state index in [-0.39, 0.29) is 65.0 Å². The zero-order chi connectivity index (χ0) is 38.4. The van der Waals surface area contributed by atoms with Crippen LogP contribution in [0.25, 0.3) is 11.2 Å². The summed E-state index contributed by atoms with van der Waals surface area (Å²) in [5.74, 6) is -0.324. The van der Waals surface area contributed by atoms with Gasteiger partial charge in [0.15, 0.2) is 11.2 Å². The Morgan fingerprint density at radius 2 is 1.38 bits per heavy atom. The first kappa shape index (κ1) is 41.7. The molecule has 2 aromatic heterocycles. The fourth-order valence-corrected chi connectivity index (χ4v) is 7.68. The maximum absolute atomic E-state index is 12.8. The maximum Gasteiger partial charge on any atom is 0.332 e. The molecule has 12 nitrogen and oxygen atoms in total. The number of ether oxygens (including phenoxy) is 3. The topological polar surface area (TPSA) is 113 Å². The third-order valence-electron chi connectivity index (χ3n) is 10.4. The highest BCUT2D eigenvalue weighted by Crippen LogP contribution is 2.30. The molecule has 0 bridgehead atoms. The predicted molar refractivity (Wildman–Crippen MR) is 217 cm³/mol. The summed E-state index contributed by atoms with van der Waals surface area (Å²) < 4.78 is 21.6. The average Bonchev–Trinajstić information content (AvgIpc) is 3.55. The van der Waals surface area contributed by atoms with E-state index in [2.05, 4.69) is 28.9 Å². The van der Waals surface area contributed by atoms with E-state index in [1.165, 1.54) is 17.2 Å². The number of carbonyl (C=O) groups is 1. The molecular formula is C41H50Cl2N6O6. The molecule has 2 aliphatic rings. The number of halogens is 2. The van der Waals surface area contributed by atoms with Gasteiger partial charge in [-0.15, -0.1) is 12.4 Å². The molecule has 0 N–H and O–H groups in total. The smallest absolute Gasteiger partial charge is 0.332 e. The number of imidazole rings is 1. The third kappa shape index (κ3) is 9.00. The number of carbonyl (C=O) groups excluding carboxylic acids is 1. The van der Waals surface area contributed by atoms with Crippen LogP contribution in [0, 0.1) is 0 Å². The van der Waals surface area contributed by atoms with Crippen LogP contribution in [-0.4, -0.2) is 81.2 Å². The Hall–Kier alpha value is -4.46. The van der Waals surface area contributed by atoms with Crippen molar-refractivity contribution in [3.63, 3.8) is 0 Å². The second kappa shape index (κ2) is 18.9. The van der Waals surface area contributed by atoms with Gasteiger partial charge in [-0.05, 0) is 48.6 Å². The highest BCUT2D eigenvalue weighted by molar-refractivity contribution is 6.29. The van der Waals surface area contributed by atoms with Crippen molar-refractivity contribution in [3.05, 3.63) is 134 Å². The summed E-state index contributed by atoms with van der Waals surface area (Å²) in [6.45, 7) is 9.93. The van der Waals surface area contributed by atoms with Gasteiger partial charge in [0.2, 0.25) is 5.28 Å². The number of nitrogens with zero attached hydrogens (tertiary/aromatic N) is 6. The largest absolute Gasteiger partial charge is 0.464 e. The molecular weight excluding hydrogens is 743 g/mol. The van der Waals surface area contributed by atoms with Crippen molar-refractivity contribution in [2.75, 3.05) is 44.5 Å². The lowest BCUT2D eigenvalue weighted by Gasteiger charge is -2.41. The van der Waals surface area contributed by atoms with Crippen molar-refractivity contribution in [2.45, 2.75) is 57.4 Å². The zero-order valence-corrected chi connectivity index (χ0v) is 33.5. The molecule has 2 fully saturated rings. The van der Waals surface area contributed by atoms with Gasteiger partial charge in [0.1, 0.15) is 12.7 Å². The van der Waals surface area contributed by atoms with E-state index in [1.54, 1.807) is 11.7 Å². The highest BCUT2D eigenvalue weighted by atomic mass is 35.5. The number of hydrogen-bond donors (Lipinski definition) is 0. The first-order valence-electron chi connectivity index (χ1n) is 18.5. The number of aryl methyl sites for hydroxylation is 1. The molecule has 0 radical (unpaired) electrons. The Bertz CT molecular complexity index is 2130. The minimum absolute atomic E-state index is 0. The van der Waals surface area contributed by atoms with Crippen LogP contribution in [0.15, 0.2) is 101 Å². The molecule has 0 amide bonds. The Labute approximate surface area is 332 Å². The molecule has 2 saturated heterocycles. The van der Waals surface area contributed by atoms with Gasteiger partial charge in [0.25, 0.3) is 5.56 Å². The van der Waals surface area contributed by atoms with Crippen LogP contribution in [0.3, 0.4) is 0 Å². The number of rotatable bonds is 9. The SMILES string of the molecule is CC1C(c2ccccc2)OCCN1n1c(Cl)nc2c1c(=O)n(C)c(=O)n2C.CCC(C(=O)OCCN1CCOC(c2ccccc2)C1C)c1ccccc1.Cl. The van der Waals surface area contributed by atoms with Gasteiger partial charge in [-0.2, -0.15) is 4.98 Å². The van der Waals surface area contributed by atoms with Crippen molar-refractivity contribution in [1.29, 1.82) is 0 Å². The molecule has 55 heavy (non-hydrogen) atoms. The summed E-state index contributed by atoms with van der Waals surface area (Å²) in [5.41, 5.74) is 2.95. The number of fused-ring (bicyclic) bond motifs is 1. The van der Waals surface area contributed by atoms with Crippen LogP contribution in [0.4, 0.5) is 0 Å². The van der Waals surface area contributed by atoms with Crippen molar-refractivity contribution in [1.82, 2.24) is 23.7 Å². The Morgan fingerprint density at radius 3 is 1.96 bits per heavy atom. The summed E-state index contributed by atoms with van der Waals surface area (Å²) >= 11 is 6.41. The number of aromatic nitrogens is 4. The van der Waals surface area contributed by atoms with Crippen molar-refractivity contribution in [3.8, 4) is 0 Å². The minimum Gasteiger partial charge on any atom is -0.464 e. The number of benzene rings is 3. The summed E-state index contributed by atoms with van der Waals surface area (Å²) in [6.07, 6.45) is 0.626. The number of esters is 1. The first-order chi connectivity index (χ1) is 26.1. The fraction of sp³-hybridized carbons (Fsp3) is 0.415. The number of hydrogen-bond acceptors (Lipinski definition) is 9. The van der Waals surface area contributed by atoms with E-state index in [0.29, 0.717) is 26.4 Å². The molecule has 0 spiro atoms. The van der Waals surface area contributed by atoms with Gasteiger partial charge in [0.05, 0.1) is 37.8 Å². The second-order valence-electron chi connectivity index (χ2n) is 13.7. The van der Waals surface area contributed by atoms with Gasteiger partial charge in [-0.1, -0.05) is 97.9 Å². The molecule has 294 valence electrons. The van der Waals surface area contributed by atoms with Gasteiger partial charge in [-0.25, -0.2) is 9.47 Å². The van der Waals surface area contributed by atoms with E-state index in [9.17, 15) is 14.4 Å². The van der Waals surface area contributed by atoms with Crippen LogP contribution >= 0.6 is 24.0 Å². The van der Waals surface area contributed by atoms with E-state index in [0.717, 1.165) is 35.2 Å². The van der Waals surface area contributed by atoms with Crippen LogP contribution in [0.2, 0.25) is 5.28 Å². The molecule has 3 aromatic carbocycles. The highest BCUT2D eigenvalue weighted by Gasteiger charge is 2.34. The normalized spacial score (nSPS) is 20.6. The van der Waals surface area contributed by atoms with Crippen molar-refractivity contribution < 1.29 is 19.0 Å². The molecule has 7 rings (SSSR count). The van der Waals surface area contributed by atoms with Crippen LogP contribution in [0.1, 0.15) is 62.0 Å². The molecule has 4 heterocycles. The van der Waals surface area contributed by atoms with E-state index < -0.39 is 11.2 Å². The van der Waals surface area contributed by atoms with E-state index in [1.807, 2.05) is 97.7 Å². The summed E-state index contributed by atoms with van der Waals surface area (Å²) in [5, 5.41) is 2.12. The fourth-order valence-electron chi connectivity index (χ4n) is 7.41. The van der Waals surface area contributed by atoms with Crippen LogP contribution in [-0.2, 0) is 33.1 Å². The molecule has 0 aliphatic carbocycles. The Balaban J connectivity index is 0.000000207. The van der Waals surface area contributed by atoms with Crippen LogP contribution in [0.5, 0.6) is 0 Å². The van der Waals surface area contributed by atoms with Gasteiger partial charge in [0, 0.05) is 33.2 Å². The predicted octanol–water partition coefficient (Wildman–Crippen LogP) is 5.79. The lowest BCUT2D eigenvalue weighted by Crippen LogP contribution is -2.52. The average molecular weight is 794 g/mol. The minimum atomic E-state index is -0.439. The molecule has 5 aromatic rings. The maximum atomic E-state index is 12.8. The summed E-state index contributed by atoms with van der Waals surface area (Å²) in [4.78, 5) is 44.2. The molecule has 5 unspecified atom stereocenters. The second-order valence-corrected chi connectivity index (χ2v) is 14.0. The van der Waals surface area contributed by atoms with Crippen molar-refractivity contribution in [2.24, 2.45) is 14.1 Å². The Kier molecular flexibility index (Phi) is 14.3. The van der Waals surface area contributed by atoms with Crippen LogP contribution < -0.4 is 16.3 Å². The Morgan fingerprint density at radius 1 is 0.836 bits per heavy atom. The first-order valence-corrected chi connectivity index (χ1v) is 18.9. The molecule has 0 saturated carbocycles. The third-order valence-corrected chi connectivity index (χ3v) is 10.7. The van der Waals surface area contributed by atoms with E-state index >= 15 is 0 Å². The molecule has 2 aliphatic heterocycles. The zero-order valence-electron chi connectivity index (χ0n) is 31.9. The van der Waals surface area contributed by atoms with Crippen molar-refractivity contribution >= 4 is 41.1 Å². The standard InChI is InChI=1S/C23H29NO3.C18H20ClN5O3.ClH/c1-3-21(19-10-6-4-7-11-19)23(25)27-17-15-24-14-16-26-22(18(24)2)20-12-8-5-9-13-20;1-11-14(12-7-5-4-6-8-12)27-10-9-23(11)24-13-15(20-17(24)19)21(2)18(26)22(3)16(13)25;/h4-13,18,21-22H,3,14-17H2,1-2H3;4-8,11,14H,9-10H2,1-3H3;1H. The summed E-state index contributed by atoms with van der Waals surface area (Å²) in [7, 11) is 3.03. The van der Waals surface area contributed by atoms with Gasteiger partial charge in [-0.3, -0.25) is 23.6 Å². The van der Waals surface area contributed by atoms with Gasteiger partial charge < -0.3 is 19.2 Å². The molecule has 14 heteroatoms. The molecule has 5 atom stereocenters. The van der Waals surface area contributed by atoms with E-state index in [4.69, 9.17) is 25.8 Å². The summed E-state index contributed by atoms with van der Waals surface area (Å²) in [6, 6.07) is 30.3. The number of morpholine rings is 2. The lowest BCUT2D eigenvalue weighted by atomic mass is 9.97. The monoisotopic (exact) mass is 792 g/mol. The quantitative estimate of drug-likeness (QED) is 0.135. The lowest BCUT2D eigenvalue weighted by molar-refractivity contribution is -0.147.